The number of carbonyl (C=O) groups excluding carboxylic acids is 1. The molecule has 0 aliphatic rings. The third kappa shape index (κ3) is 52.4. The van der Waals surface area contributed by atoms with Gasteiger partial charge in [0.05, 0.1) is 0 Å². The first-order valence-corrected chi connectivity index (χ1v) is 10.1. The van der Waals surface area contributed by atoms with Crippen molar-refractivity contribution in [3.63, 3.8) is 0 Å². The SMILES string of the molecule is C/C=C/C(C)=O.CC.CCCCCC.CCCCCC(C)CC. The van der Waals surface area contributed by atoms with Crippen molar-refractivity contribution in [2.75, 3.05) is 0 Å². The minimum absolute atomic E-state index is 0.109. The highest BCUT2D eigenvalue weighted by atomic mass is 16.1. The van der Waals surface area contributed by atoms with Gasteiger partial charge in [0, 0.05) is 0 Å². The Balaban J connectivity index is -0.000000115. The Morgan fingerprint density at radius 3 is 1.48 bits per heavy atom. The van der Waals surface area contributed by atoms with Crippen LogP contribution >= 0.6 is 0 Å². The summed E-state index contributed by atoms with van der Waals surface area (Å²) in [5.41, 5.74) is 0. The molecule has 0 radical (unpaired) electrons. The number of rotatable bonds is 9. The molecule has 0 aromatic carbocycles. The molecule has 0 bridgehead atoms. The smallest absolute Gasteiger partial charge is 0.152 e. The number of allylic oxidation sites excluding steroid dienone is 2. The fourth-order valence-corrected chi connectivity index (χ4v) is 1.68. The van der Waals surface area contributed by atoms with Gasteiger partial charge in [-0.1, -0.05) is 112 Å². The molecule has 0 saturated heterocycles. The van der Waals surface area contributed by atoms with Crippen molar-refractivity contribution >= 4 is 5.78 Å². The van der Waals surface area contributed by atoms with Crippen molar-refractivity contribution in [3.8, 4) is 0 Å². The van der Waals surface area contributed by atoms with E-state index in [2.05, 4.69) is 34.6 Å². The summed E-state index contributed by atoms with van der Waals surface area (Å²) >= 11 is 0. The van der Waals surface area contributed by atoms with E-state index in [4.69, 9.17) is 0 Å². The van der Waals surface area contributed by atoms with Crippen molar-refractivity contribution in [2.24, 2.45) is 5.92 Å². The lowest BCUT2D eigenvalue weighted by Gasteiger charge is -2.05. The molecule has 0 N–H and O–H groups in total. The van der Waals surface area contributed by atoms with Crippen LogP contribution in [0.2, 0.25) is 0 Å². The first-order valence-electron chi connectivity index (χ1n) is 10.1. The molecule has 0 aliphatic carbocycles. The predicted molar refractivity (Wildman–Crippen MR) is 110 cm³/mol. The largest absolute Gasteiger partial charge is 0.295 e. The second kappa shape index (κ2) is 33.1. The summed E-state index contributed by atoms with van der Waals surface area (Å²) in [4.78, 5) is 9.96. The Morgan fingerprint density at radius 1 is 0.870 bits per heavy atom. The lowest BCUT2D eigenvalue weighted by atomic mass is 10.0. The summed E-state index contributed by atoms with van der Waals surface area (Å²) < 4.78 is 0. The quantitative estimate of drug-likeness (QED) is 0.307. The minimum atomic E-state index is 0.109. The maximum absolute atomic E-state index is 9.96. The number of unbranched alkanes of at least 4 members (excludes halogenated alkanes) is 5. The summed E-state index contributed by atoms with van der Waals surface area (Å²) in [5.74, 6) is 1.06. The molecule has 1 nitrogen and oxygen atoms in total. The van der Waals surface area contributed by atoms with E-state index in [0.29, 0.717) is 0 Å². The van der Waals surface area contributed by atoms with E-state index in [0.717, 1.165) is 5.92 Å². The molecule has 1 unspecified atom stereocenters. The van der Waals surface area contributed by atoms with E-state index >= 15 is 0 Å². The van der Waals surface area contributed by atoms with Gasteiger partial charge in [-0.15, -0.1) is 0 Å². The zero-order valence-electron chi connectivity index (χ0n) is 18.0. The second-order valence-corrected chi connectivity index (χ2v) is 5.83. The normalized spacial score (nSPS) is 10.5. The highest BCUT2D eigenvalue weighted by molar-refractivity contribution is 5.87. The number of ketones is 1. The Bertz CT molecular complexity index is 202. The molecule has 0 amide bonds. The lowest BCUT2D eigenvalue weighted by molar-refractivity contribution is -0.112. The number of carbonyl (C=O) groups is 1. The first kappa shape index (κ1) is 30.3. The van der Waals surface area contributed by atoms with E-state index in [1.54, 1.807) is 6.08 Å². The minimum Gasteiger partial charge on any atom is -0.295 e. The van der Waals surface area contributed by atoms with Gasteiger partial charge in [0.25, 0.3) is 0 Å². The standard InChI is InChI=1S/C9H20.C6H14.C5H8O.C2H6/c1-4-6-7-8-9(3)5-2;1-3-5-6-4-2;1-3-4-5(2)6;1-2/h9H,4-8H2,1-3H3;3-6H2,1-2H3;3-4H,1-2H3;1-2H3/b;;4-3+;. The monoisotopic (exact) mass is 328 g/mol. The fraction of sp³-hybridized carbons (Fsp3) is 0.864. The van der Waals surface area contributed by atoms with Crippen molar-refractivity contribution in [1.82, 2.24) is 0 Å². The zero-order valence-corrected chi connectivity index (χ0v) is 18.0. The average Bonchev–Trinajstić information content (AvgIpc) is 2.56. The Morgan fingerprint density at radius 2 is 1.26 bits per heavy atom. The third-order valence-corrected chi connectivity index (χ3v) is 3.36. The Hall–Kier alpha value is -0.590. The number of hydrogen-bond donors (Lipinski definition) is 0. The molecule has 142 valence electrons. The van der Waals surface area contributed by atoms with Crippen LogP contribution in [0, 0.1) is 5.92 Å². The number of hydrogen-bond acceptors (Lipinski definition) is 1. The molecule has 0 aromatic heterocycles. The molecule has 1 heteroatoms. The average molecular weight is 329 g/mol. The van der Waals surface area contributed by atoms with Crippen molar-refractivity contribution in [3.05, 3.63) is 12.2 Å². The molecule has 0 saturated carbocycles. The van der Waals surface area contributed by atoms with Gasteiger partial charge in [0.1, 0.15) is 0 Å². The van der Waals surface area contributed by atoms with Crippen LogP contribution < -0.4 is 0 Å². The van der Waals surface area contributed by atoms with Gasteiger partial charge in [-0.25, -0.2) is 0 Å². The molecular weight excluding hydrogens is 280 g/mol. The second-order valence-electron chi connectivity index (χ2n) is 5.83. The highest BCUT2D eigenvalue weighted by Gasteiger charge is 1.95. The summed E-state index contributed by atoms with van der Waals surface area (Å²) in [7, 11) is 0. The highest BCUT2D eigenvalue weighted by Crippen LogP contribution is 2.11. The molecule has 0 fully saturated rings. The van der Waals surface area contributed by atoms with E-state index in [1.165, 1.54) is 70.8 Å². The molecule has 0 rings (SSSR count). The van der Waals surface area contributed by atoms with Crippen LogP contribution in [-0.4, -0.2) is 5.78 Å². The molecule has 23 heavy (non-hydrogen) atoms. The van der Waals surface area contributed by atoms with Crippen LogP contribution in [0.25, 0.3) is 0 Å². The van der Waals surface area contributed by atoms with Crippen molar-refractivity contribution < 1.29 is 4.79 Å². The van der Waals surface area contributed by atoms with Gasteiger partial charge < -0.3 is 0 Å². The van der Waals surface area contributed by atoms with Crippen LogP contribution in [-0.2, 0) is 4.79 Å². The van der Waals surface area contributed by atoms with Gasteiger partial charge in [0.2, 0.25) is 0 Å². The molecule has 1 atom stereocenters. The fourth-order valence-electron chi connectivity index (χ4n) is 1.68. The van der Waals surface area contributed by atoms with Crippen molar-refractivity contribution in [1.29, 1.82) is 0 Å². The van der Waals surface area contributed by atoms with Gasteiger partial charge in [-0.05, 0) is 25.8 Å². The van der Waals surface area contributed by atoms with Gasteiger partial charge >= 0.3 is 0 Å². The van der Waals surface area contributed by atoms with Crippen LogP contribution in [0.1, 0.15) is 120 Å². The van der Waals surface area contributed by atoms with E-state index in [-0.39, 0.29) is 5.78 Å². The van der Waals surface area contributed by atoms with E-state index in [1.807, 2.05) is 20.8 Å². The summed E-state index contributed by atoms with van der Waals surface area (Å²) in [6.07, 6.45) is 15.8. The molecule has 0 heterocycles. The Kier molecular flexibility index (Phi) is 43.6. The predicted octanol–water partition coefficient (Wildman–Crippen LogP) is 8.38. The summed E-state index contributed by atoms with van der Waals surface area (Å²) in [6, 6.07) is 0. The maximum Gasteiger partial charge on any atom is 0.152 e. The van der Waals surface area contributed by atoms with E-state index in [9.17, 15) is 4.79 Å². The van der Waals surface area contributed by atoms with Crippen LogP contribution in [0.15, 0.2) is 12.2 Å². The van der Waals surface area contributed by atoms with Gasteiger partial charge in [-0.2, -0.15) is 0 Å². The van der Waals surface area contributed by atoms with E-state index < -0.39 is 0 Å². The molecule has 0 aliphatic heterocycles. The van der Waals surface area contributed by atoms with Gasteiger partial charge in [0.15, 0.2) is 5.78 Å². The Labute approximate surface area is 149 Å². The third-order valence-electron chi connectivity index (χ3n) is 3.36. The van der Waals surface area contributed by atoms with Crippen LogP contribution in [0.4, 0.5) is 0 Å². The summed E-state index contributed by atoms with van der Waals surface area (Å²) in [5, 5.41) is 0. The van der Waals surface area contributed by atoms with Gasteiger partial charge in [-0.3, -0.25) is 4.79 Å². The van der Waals surface area contributed by atoms with Crippen molar-refractivity contribution in [2.45, 2.75) is 120 Å². The summed E-state index contributed by atoms with van der Waals surface area (Å²) in [6.45, 7) is 18.7. The zero-order chi connectivity index (χ0) is 18.9. The molecule has 0 aromatic rings. The lowest BCUT2D eigenvalue weighted by Crippen LogP contribution is -1.90. The topological polar surface area (TPSA) is 17.1 Å². The maximum atomic E-state index is 9.96. The van der Waals surface area contributed by atoms with Crippen LogP contribution in [0.3, 0.4) is 0 Å². The molecular formula is C22H48O. The van der Waals surface area contributed by atoms with Crippen LogP contribution in [0.5, 0.6) is 0 Å². The first-order chi connectivity index (χ1) is 11.0. The molecule has 0 spiro atoms.